The summed E-state index contributed by atoms with van der Waals surface area (Å²) >= 11 is 4.88. The van der Waals surface area contributed by atoms with Crippen LogP contribution < -0.4 is 10.5 Å². The molecule has 0 saturated carbocycles. The van der Waals surface area contributed by atoms with Crippen LogP contribution in [0.5, 0.6) is 5.75 Å². The van der Waals surface area contributed by atoms with Gasteiger partial charge in [0.25, 0.3) is 0 Å². The van der Waals surface area contributed by atoms with Gasteiger partial charge in [-0.3, -0.25) is 0 Å². The maximum atomic E-state index is 5.60. The molecule has 0 aliphatic heterocycles. The second-order valence-electron chi connectivity index (χ2n) is 4.21. The molecule has 0 heterocycles. The van der Waals surface area contributed by atoms with E-state index in [1.807, 2.05) is 24.3 Å². The molecule has 1 unspecified atom stereocenters. The molecule has 0 saturated heterocycles. The molecule has 0 fully saturated rings. The van der Waals surface area contributed by atoms with E-state index in [0.717, 1.165) is 24.2 Å². The Kier molecular flexibility index (Phi) is 6.68. The van der Waals surface area contributed by atoms with E-state index in [4.69, 9.17) is 27.4 Å². The molecule has 18 heavy (non-hydrogen) atoms. The highest BCUT2D eigenvalue weighted by Crippen LogP contribution is 2.12. The molecule has 3 nitrogen and oxygen atoms in total. The van der Waals surface area contributed by atoms with Gasteiger partial charge in [0.1, 0.15) is 17.3 Å². The topological polar surface area (TPSA) is 44.5 Å². The Morgan fingerprint density at radius 3 is 2.50 bits per heavy atom. The molecular formula is C14H21NO2S. The number of hydrogen-bond acceptors (Lipinski definition) is 3. The summed E-state index contributed by atoms with van der Waals surface area (Å²) in [4.78, 5) is 0.401. The molecule has 1 aromatic carbocycles. The van der Waals surface area contributed by atoms with Gasteiger partial charge < -0.3 is 15.2 Å². The van der Waals surface area contributed by atoms with E-state index in [2.05, 4.69) is 13.8 Å². The number of nitrogens with two attached hydrogens (primary N) is 1. The van der Waals surface area contributed by atoms with E-state index in [9.17, 15) is 0 Å². The van der Waals surface area contributed by atoms with Gasteiger partial charge in [0.05, 0.1) is 12.7 Å². The number of rotatable bonds is 8. The minimum absolute atomic E-state index is 0.301. The average molecular weight is 267 g/mol. The molecule has 0 bridgehead atoms. The van der Waals surface area contributed by atoms with Crippen LogP contribution in [0, 0.1) is 0 Å². The van der Waals surface area contributed by atoms with Crippen LogP contribution in [-0.4, -0.2) is 24.3 Å². The monoisotopic (exact) mass is 267 g/mol. The Bertz CT molecular complexity index is 365. The van der Waals surface area contributed by atoms with Crippen LogP contribution >= 0.6 is 12.2 Å². The molecule has 0 aromatic heterocycles. The smallest absolute Gasteiger partial charge is 0.119 e. The molecule has 2 N–H and O–H groups in total. The van der Waals surface area contributed by atoms with Gasteiger partial charge in [-0.1, -0.05) is 25.6 Å². The normalized spacial score (nSPS) is 12.1. The van der Waals surface area contributed by atoms with E-state index >= 15 is 0 Å². The minimum atomic E-state index is 0.301. The first-order valence-corrected chi connectivity index (χ1v) is 6.68. The van der Waals surface area contributed by atoms with Crippen molar-refractivity contribution in [3.05, 3.63) is 29.8 Å². The lowest BCUT2D eigenvalue weighted by Gasteiger charge is -2.12. The zero-order valence-electron chi connectivity index (χ0n) is 11.0. The van der Waals surface area contributed by atoms with Crippen LogP contribution in [0.3, 0.4) is 0 Å². The summed E-state index contributed by atoms with van der Waals surface area (Å²) in [6.07, 6.45) is 2.53. The first-order valence-electron chi connectivity index (χ1n) is 6.27. The van der Waals surface area contributed by atoms with Crippen molar-refractivity contribution in [2.45, 2.75) is 32.8 Å². The van der Waals surface area contributed by atoms with Crippen molar-refractivity contribution in [3.8, 4) is 5.75 Å². The molecule has 1 rings (SSSR count). The van der Waals surface area contributed by atoms with Gasteiger partial charge in [-0.25, -0.2) is 0 Å². The average Bonchev–Trinajstić information content (AvgIpc) is 2.35. The van der Waals surface area contributed by atoms with Crippen molar-refractivity contribution in [1.29, 1.82) is 0 Å². The Morgan fingerprint density at radius 1 is 1.28 bits per heavy atom. The van der Waals surface area contributed by atoms with Crippen LogP contribution in [0.1, 0.15) is 32.3 Å². The van der Waals surface area contributed by atoms with Crippen LogP contribution in [0.15, 0.2) is 24.3 Å². The maximum Gasteiger partial charge on any atom is 0.119 e. The van der Waals surface area contributed by atoms with Gasteiger partial charge in [-0.05, 0) is 37.6 Å². The summed E-state index contributed by atoms with van der Waals surface area (Å²) in [7, 11) is 0. The Labute approximate surface area is 114 Å². The molecule has 100 valence electrons. The van der Waals surface area contributed by atoms with Crippen molar-refractivity contribution >= 4 is 17.2 Å². The number of hydrogen-bond donors (Lipinski definition) is 1. The lowest BCUT2D eigenvalue weighted by molar-refractivity contribution is 0.0395. The summed E-state index contributed by atoms with van der Waals surface area (Å²) in [5.74, 6) is 0.807. The Balaban J connectivity index is 2.25. The molecule has 0 spiro atoms. The number of thiocarbonyl (C=S) groups is 1. The second-order valence-corrected chi connectivity index (χ2v) is 4.65. The van der Waals surface area contributed by atoms with Crippen LogP contribution in [0.2, 0.25) is 0 Å². The van der Waals surface area contributed by atoms with E-state index in [-0.39, 0.29) is 0 Å². The summed E-state index contributed by atoms with van der Waals surface area (Å²) in [5, 5.41) is 0. The van der Waals surface area contributed by atoms with Gasteiger partial charge in [0.2, 0.25) is 0 Å². The largest absolute Gasteiger partial charge is 0.491 e. The quantitative estimate of drug-likeness (QED) is 0.581. The molecule has 4 heteroatoms. The summed E-state index contributed by atoms with van der Waals surface area (Å²) < 4.78 is 11.2. The van der Waals surface area contributed by atoms with Crippen molar-refractivity contribution < 1.29 is 9.47 Å². The Hall–Kier alpha value is -1.13. The SMILES string of the molecule is CCCC(C)OCCOc1ccc(C(N)=S)cc1. The Morgan fingerprint density at radius 2 is 1.94 bits per heavy atom. The molecule has 0 aliphatic rings. The maximum absolute atomic E-state index is 5.60. The highest BCUT2D eigenvalue weighted by atomic mass is 32.1. The van der Waals surface area contributed by atoms with Gasteiger partial charge in [-0.15, -0.1) is 0 Å². The van der Waals surface area contributed by atoms with Crippen molar-refractivity contribution in [1.82, 2.24) is 0 Å². The summed E-state index contributed by atoms with van der Waals surface area (Å²) in [6.45, 7) is 5.40. The highest BCUT2D eigenvalue weighted by Gasteiger charge is 2.01. The highest BCUT2D eigenvalue weighted by molar-refractivity contribution is 7.80. The van der Waals surface area contributed by atoms with Crippen molar-refractivity contribution in [2.75, 3.05) is 13.2 Å². The van der Waals surface area contributed by atoms with E-state index in [1.54, 1.807) is 0 Å². The second kappa shape index (κ2) is 8.06. The van der Waals surface area contributed by atoms with Gasteiger partial charge in [-0.2, -0.15) is 0 Å². The first-order chi connectivity index (χ1) is 8.63. The molecular weight excluding hydrogens is 246 g/mol. The number of benzene rings is 1. The molecule has 0 radical (unpaired) electrons. The standard InChI is InChI=1S/C14H21NO2S/c1-3-4-11(2)16-9-10-17-13-7-5-12(6-8-13)14(15)18/h5-8,11H,3-4,9-10H2,1-2H3,(H2,15,18). The zero-order chi connectivity index (χ0) is 13.4. The third kappa shape index (κ3) is 5.47. The molecule has 0 amide bonds. The third-order valence-corrected chi connectivity index (χ3v) is 2.82. The fourth-order valence-electron chi connectivity index (χ4n) is 1.61. The zero-order valence-corrected chi connectivity index (χ0v) is 11.8. The van der Waals surface area contributed by atoms with E-state index in [0.29, 0.717) is 24.3 Å². The number of ether oxygens (including phenoxy) is 2. The van der Waals surface area contributed by atoms with Crippen LogP contribution in [0.4, 0.5) is 0 Å². The predicted octanol–water partition coefficient (Wildman–Crippen LogP) is 2.90. The van der Waals surface area contributed by atoms with E-state index < -0.39 is 0 Å². The van der Waals surface area contributed by atoms with Gasteiger partial charge in [0, 0.05) is 5.56 Å². The van der Waals surface area contributed by atoms with Crippen molar-refractivity contribution in [2.24, 2.45) is 5.73 Å². The molecule has 0 aliphatic carbocycles. The van der Waals surface area contributed by atoms with Gasteiger partial charge >= 0.3 is 0 Å². The lowest BCUT2D eigenvalue weighted by atomic mass is 10.2. The van der Waals surface area contributed by atoms with E-state index in [1.165, 1.54) is 0 Å². The van der Waals surface area contributed by atoms with Crippen LogP contribution in [0.25, 0.3) is 0 Å². The first kappa shape index (κ1) is 14.9. The van der Waals surface area contributed by atoms with Gasteiger partial charge in [0.15, 0.2) is 0 Å². The summed E-state index contributed by atoms with van der Waals surface area (Å²) in [5.41, 5.74) is 6.37. The fourth-order valence-corrected chi connectivity index (χ4v) is 1.75. The third-order valence-electron chi connectivity index (χ3n) is 2.59. The molecule has 1 atom stereocenters. The lowest BCUT2D eigenvalue weighted by Crippen LogP contribution is -2.14. The fraction of sp³-hybridized carbons (Fsp3) is 0.500. The van der Waals surface area contributed by atoms with Crippen LogP contribution in [-0.2, 0) is 4.74 Å². The minimum Gasteiger partial charge on any atom is -0.491 e. The predicted molar refractivity (Wildman–Crippen MR) is 78.1 cm³/mol. The van der Waals surface area contributed by atoms with Crippen molar-refractivity contribution in [3.63, 3.8) is 0 Å². The molecule has 1 aromatic rings. The summed E-state index contributed by atoms with van der Waals surface area (Å²) in [6, 6.07) is 7.45.